The predicted octanol–water partition coefficient (Wildman–Crippen LogP) is 2.17. The van der Waals surface area contributed by atoms with Crippen molar-refractivity contribution < 1.29 is 14.7 Å². The van der Waals surface area contributed by atoms with Crippen molar-refractivity contribution in [2.75, 3.05) is 10.7 Å². The largest absolute Gasteiger partial charge is 0.480 e. The third-order valence-electron chi connectivity index (χ3n) is 3.28. The van der Waals surface area contributed by atoms with Crippen molar-refractivity contribution >= 4 is 29.3 Å². The Morgan fingerprint density at radius 3 is 2.84 bits per heavy atom. The first-order valence-electron chi connectivity index (χ1n) is 6.25. The van der Waals surface area contributed by atoms with Gasteiger partial charge in [0.05, 0.1) is 11.0 Å². The maximum atomic E-state index is 12.3. The number of carboxylic acid groups (broad SMARTS) is 1. The number of anilines is 1. The second-order valence-electron chi connectivity index (χ2n) is 4.74. The van der Waals surface area contributed by atoms with E-state index in [-0.39, 0.29) is 17.7 Å². The Kier molecular flexibility index (Phi) is 4.14. The molecule has 0 aromatic heterocycles. The number of carbonyl (C=O) groups excluding carboxylic acids is 1. The van der Waals surface area contributed by atoms with E-state index in [9.17, 15) is 9.59 Å². The zero-order chi connectivity index (χ0) is 14.0. The average Bonchev–Trinajstić information content (AvgIpc) is 2.71. The monoisotopic (exact) mass is 279 g/mol. The molecule has 2 rings (SSSR count). The number of carboxylic acids is 1. The molecule has 102 valence electrons. The Balaban J connectivity index is 2.06. The first kappa shape index (κ1) is 13.9. The van der Waals surface area contributed by atoms with Crippen LogP contribution in [0.25, 0.3) is 0 Å². The fourth-order valence-electron chi connectivity index (χ4n) is 2.28. The van der Waals surface area contributed by atoms with Crippen LogP contribution < -0.4 is 4.90 Å². The molecule has 1 aromatic rings. The van der Waals surface area contributed by atoms with E-state index >= 15 is 0 Å². The van der Waals surface area contributed by atoms with Crippen LogP contribution in [0.5, 0.6) is 0 Å². The Bertz CT molecular complexity index is 503. The van der Waals surface area contributed by atoms with Crippen LogP contribution in [-0.4, -0.2) is 34.0 Å². The normalized spacial score (nSPS) is 19.1. The first-order chi connectivity index (χ1) is 9.00. The Hall–Kier alpha value is -1.49. The minimum absolute atomic E-state index is 0.0180. The van der Waals surface area contributed by atoms with Gasteiger partial charge in [0, 0.05) is 11.7 Å². The van der Waals surface area contributed by atoms with Crippen molar-refractivity contribution in [3.8, 4) is 0 Å². The minimum atomic E-state index is -0.882. The van der Waals surface area contributed by atoms with E-state index in [2.05, 4.69) is 0 Å². The molecule has 4 nitrogen and oxygen atoms in total. The fraction of sp³-hybridized carbons (Fsp3) is 0.429. The molecule has 1 aliphatic rings. The lowest BCUT2D eigenvalue weighted by Gasteiger charge is -2.23. The molecule has 1 aliphatic heterocycles. The predicted molar refractivity (Wildman–Crippen MR) is 76.6 cm³/mol. The van der Waals surface area contributed by atoms with Crippen molar-refractivity contribution in [3.63, 3.8) is 0 Å². The molecule has 19 heavy (non-hydrogen) atoms. The van der Waals surface area contributed by atoms with Crippen molar-refractivity contribution in [2.45, 2.75) is 31.6 Å². The lowest BCUT2D eigenvalue weighted by Crippen LogP contribution is -2.37. The molecule has 1 N–H and O–H groups in total. The molecule has 0 spiro atoms. The molecule has 0 saturated carbocycles. The van der Waals surface area contributed by atoms with Crippen LogP contribution >= 0.6 is 11.8 Å². The summed E-state index contributed by atoms with van der Waals surface area (Å²) in [7, 11) is 0. The van der Waals surface area contributed by atoms with Crippen molar-refractivity contribution in [1.29, 1.82) is 0 Å². The van der Waals surface area contributed by atoms with E-state index in [1.807, 2.05) is 31.2 Å². The SMILES string of the molecule is C[C@@H](SCC(=O)N1c2ccccc2C[C@@H]1C)C(=O)O. The lowest BCUT2D eigenvalue weighted by atomic mass is 10.1. The number of para-hydroxylation sites is 1. The molecule has 0 unspecified atom stereocenters. The Labute approximate surface area is 116 Å². The zero-order valence-electron chi connectivity index (χ0n) is 11.0. The van der Waals surface area contributed by atoms with E-state index in [1.165, 1.54) is 17.3 Å². The van der Waals surface area contributed by atoms with Gasteiger partial charge in [-0.3, -0.25) is 9.59 Å². The van der Waals surface area contributed by atoms with Crippen molar-refractivity contribution in [3.05, 3.63) is 29.8 Å². The van der Waals surface area contributed by atoms with Crippen LogP contribution in [0.15, 0.2) is 24.3 Å². The quantitative estimate of drug-likeness (QED) is 0.917. The highest BCUT2D eigenvalue weighted by Gasteiger charge is 2.30. The molecule has 1 heterocycles. The topological polar surface area (TPSA) is 57.6 Å². The smallest absolute Gasteiger partial charge is 0.316 e. The second kappa shape index (κ2) is 5.65. The van der Waals surface area contributed by atoms with E-state index < -0.39 is 11.2 Å². The molecular formula is C14H17NO3S. The third kappa shape index (κ3) is 2.92. The van der Waals surface area contributed by atoms with Gasteiger partial charge in [-0.05, 0) is 31.9 Å². The van der Waals surface area contributed by atoms with Crippen LogP contribution in [0.2, 0.25) is 0 Å². The number of fused-ring (bicyclic) bond motifs is 1. The summed E-state index contributed by atoms with van der Waals surface area (Å²) in [6.45, 7) is 3.62. The van der Waals surface area contributed by atoms with Gasteiger partial charge in [-0.15, -0.1) is 11.8 Å². The van der Waals surface area contributed by atoms with Gasteiger partial charge < -0.3 is 10.0 Å². The molecule has 0 fully saturated rings. The minimum Gasteiger partial charge on any atom is -0.480 e. The molecule has 0 radical (unpaired) electrons. The highest BCUT2D eigenvalue weighted by Crippen LogP contribution is 2.32. The highest BCUT2D eigenvalue weighted by molar-refractivity contribution is 8.01. The lowest BCUT2D eigenvalue weighted by molar-refractivity contribution is -0.136. The summed E-state index contributed by atoms with van der Waals surface area (Å²) in [5, 5.41) is 8.27. The van der Waals surface area contributed by atoms with Crippen LogP contribution in [-0.2, 0) is 16.0 Å². The van der Waals surface area contributed by atoms with Gasteiger partial charge in [0.25, 0.3) is 0 Å². The van der Waals surface area contributed by atoms with Crippen molar-refractivity contribution in [1.82, 2.24) is 0 Å². The average molecular weight is 279 g/mol. The number of hydrogen-bond donors (Lipinski definition) is 1. The third-order valence-corrected chi connectivity index (χ3v) is 4.40. The Morgan fingerprint density at radius 2 is 2.16 bits per heavy atom. The number of carbonyl (C=O) groups is 2. The number of thioether (sulfide) groups is 1. The van der Waals surface area contributed by atoms with E-state index in [4.69, 9.17) is 5.11 Å². The summed E-state index contributed by atoms with van der Waals surface area (Å²) in [6.07, 6.45) is 0.862. The molecule has 0 saturated heterocycles. The molecular weight excluding hydrogens is 262 g/mol. The van der Waals surface area contributed by atoms with Gasteiger partial charge in [-0.2, -0.15) is 0 Å². The Morgan fingerprint density at radius 1 is 1.47 bits per heavy atom. The van der Waals surface area contributed by atoms with E-state index in [0.717, 1.165) is 12.1 Å². The maximum absolute atomic E-state index is 12.3. The van der Waals surface area contributed by atoms with Gasteiger partial charge in [0.2, 0.25) is 5.91 Å². The summed E-state index contributed by atoms with van der Waals surface area (Å²) in [4.78, 5) is 24.8. The van der Waals surface area contributed by atoms with Crippen LogP contribution in [0, 0.1) is 0 Å². The molecule has 0 bridgehead atoms. The molecule has 1 amide bonds. The standard InChI is InChI=1S/C14H17NO3S/c1-9-7-11-5-3-4-6-12(11)15(9)13(16)8-19-10(2)14(17)18/h3-6,9-10H,7-8H2,1-2H3,(H,17,18)/t9-,10+/m0/s1. The van der Waals surface area contributed by atoms with E-state index in [0.29, 0.717) is 0 Å². The molecule has 0 aliphatic carbocycles. The van der Waals surface area contributed by atoms with Crippen LogP contribution in [0.3, 0.4) is 0 Å². The van der Waals surface area contributed by atoms with E-state index in [1.54, 1.807) is 11.8 Å². The number of benzene rings is 1. The maximum Gasteiger partial charge on any atom is 0.316 e. The number of aliphatic carboxylic acids is 1. The van der Waals surface area contributed by atoms with Gasteiger partial charge in [-0.25, -0.2) is 0 Å². The van der Waals surface area contributed by atoms with Gasteiger partial charge in [0.1, 0.15) is 0 Å². The highest BCUT2D eigenvalue weighted by atomic mass is 32.2. The molecule has 1 aromatic carbocycles. The summed E-state index contributed by atoms with van der Waals surface area (Å²) in [5.41, 5.74) is 2.14. The summed E-state index contributed by atoms with van der Waals surface area (Å²) in [6, 6.07) is 8.02. The summed E-state index contributed by atoms with van der Waals surface area (Å²) in [5.74, 6) is -0.699. The molecule has 5 heteroatoms. The number of amides is 1. The van der Waals surface area contributed by atoms with Gasteiger partial charge >= 0.3 is 5.97 Å². The zero-order valence-corrected chi connectivity index (χ0v) is 11.8. The number of rotatable bonds is 4. The van der Waals surface area contributed by atoms with Crippen LogP contribution in [0.1, 0.15) is 19.4 Å². The summed E-state index contributed by atoms with van der Waals surface area (Å²) < 4.78 is 0. The van der Waals surface area contributed by atoms with Crippen molar-refractivity contribution in [2.24, 2.45) is 0 Å². The fourth-order valence-corrected chi connectivity index (χ4v) is 2.96. The molecule has 2 atom stereocenters. The number of nitrogens with zero attached hydrogens (tertiary/aromatic N) is 1. The second-order valence-corrected chi connectivity index (χ2v) is 6.07. The van der Waals surface area contributed by atoms with Gasteiger partial charge in [0.15, 0.2) is 0 Å². The van der Waals surface area contributed by atoms with Gasteiger partial charge in [-0.1, -0.05) is 18.2 Å². The van der Waals surface area contributed by atoms with Crippen LogP contribution in [0.4, 0.5) is 5.69 Å². The first-order valence-corrected chi connectivity index (χ1v) is 7.30. The number of hydrogen-bond acceptors (Lipinski definition) is 3. The summed E-state index contributed by atoms with van der Waals surface area (Å²) >= 11 is 1.17.